The van der Waals surface area contributed by atoms with Crippen molar-refractivity contribution in [2.75, 3.05) is 6.54 Å². The van der Waals surface area contributed by atoms with Gasteiger partial charge in [-0.2, -0.15) is 11.3 Å². The summed E-state index contributed by atoms with van der Waals surface area (Å²) in [5, 5.41) is 4.20. The number of fused-ring (bicyclic) bond motifs is 1. The molecule has 4 aromatic heterocycles. The number of nitrogens with zero attached hydrogens (tertiary/aromatic N) is 6. The van der Waals surface area contributed by atoms with Crippen LogP contribution in [-0.4, -0.2) is 36.4 Å². The van der Waals surface area contributed by atoms with Gasteiger partial charge in [0.15, 0.2) is 5.82 Å². The maximum Gasteiger partial charge on any atom is 0.162 e. The predicted octanol–water partition coefficient (Wildman–Crippen LogP) is 3.62. The third-order valence-electron chi connectivity index (χ3n) is 4.88. The Morgan fingerprint density at radius 3 is 2.68 bits per heavy atom. The van der Waals surface area contributed by atoms with E-state index in [9.17, 15) is 0 Å². The lowest BCUT2D eigenvalue weighted by Gasteiger charge is -2.28. The van der Waals surface area contributed by atoms with E-state index in [-0.39, 0.29) is 0 Å². The van der Waals surface area contributed by atoms with Crippen LogP contribution in [0, 0.1) is 0 Å². The predicted molar refractivity (Wildman–Crippen MR) is 108 cm³/mol. The van der Waals surface area contributed by atoms with E-state index >= 15 is 0 Å². The molecule has 0 unspecified atom stereocenters. The fraction of sp³-hybridized carbons (Fsp3) is 0.190. The normalized spacial score (nSPS) is 14.0. The maximum atomic E-state index is 4.74. The molecule has 4 aromatic rings. The molecule has 0 spiro atoms. The van der Waals surface area contributed by atoms with E-state index in [0.29, 0.717) is 5.82 Å². The first-order valence-electron chi connectivity index (χ1n) is 9.15. The minimum Gasteiger partial charge on any atom is -0.294 e. The van der Waals surface area contributed by atoms with Gasteiger partial charge in [-0.25, -0.2) is 19.9 Å². The van der Waals surface area contributed by atoms with Crippen LogP contribution in [0.4, 0.5) is 0 Å². The lowest BCUT2D eigenvalue weighted by atomic mass is 10.1. The molecule has 28 heavy (non-hydrogen) atoms. The van der Waals surface area contributed by atoms with Crippen LogP contribution >= 0.6 is 11.3 Å². The molecule has 0 N–H and O–H groups in total. The highest BCUT2D eigenvalue weighted by molar-refractivity contribution is 7.08. The third kappa shape index (κ3) is 3.54. The topological polar surface area (TPSA) is 67.7 Å². The molecule has 0 saturated heterocycles. The van der Waals surface area contributed by atoms with Crippen LogP contribution in [0.2, 0.25) is 0 Å². The summed E-state index contributed by atoms with van der Waals surface area (Å²) in [6.07, 6.45) is 9.85. The van der Waals surface area contributed by atoms with Crippen LogP contribution in [0.1, 0.15) is 16.8 Å². The molecule has 0 saturated carbocycles. The van der Waals surface area contributed by atoms with Crippen LogP contribution in [0.25, 0.3) is 22.6 Å². The van der Waals surface area contributed by atoms with E-state index in [0.717, 1.165) is 43.0 Å². The summed E-state index contributed by atoms with van der Waals surface area (Å²) in [7, 11) is 0. The third-order valence-corrected chi connectivity index (χ3v) is 5.56. The Labute approximate surface area is 167 Å². The fourth-order valence-electron chi connectivity index (χ4n) is 3.42. The fourth-order valence-corrected chi connectivity index (χ4v) is 4.07. The highest BCUT2D eigenvalue weighted by Crippen LogP contribution is 2.23. The summed E-state index contributed by atoms with van der Waals surface area (Å²) in [5.74, 6) is 0.695. The molecule has 0 atom stereocenters. The van der Waals surface area contributed by atoms with Gasteiger partial charge in [0.25, 0.3) is 0 Å². The molecule has 1 aliphatic heterocycles. The molecule has 0 radical (unpaired) electrons. The van der Waals surface area contributed by atoms with Crippen molar-refractivity contribution in [2.24, 2.45) is 0 Å². The second-order valence-electron chi connectivity index (χ2n) is 6.82. The number of aromatic nitrogens is 5. The van der Waals surface area contributed by atoms with E-state index in [1.54, 1.807) is 23.7 Å². The second-order valence-corrected chi connectivity index (χ2v) is 7.60. The van der Waals surface area contributed by atoms with Gasteiger partial charge in [0, 0.05) is 67.3 Å². The van der Waals surface area contributed by atoms with Crippen molar-refractivity contribution in [3.8, 4) is 22.6 Å². The number of pyridine rings is 1. The molecule has 5 heterocycles. The van der Waals surface area contributed by atoms with Crippen LogP contribution < -0.4 is 0 Å². The zero-order chi connectivity index (χ0) is 18.8. The zero-order valence-corrected chi connectivity index (χ0v) is 16.0. The van der Waals surface area contributed by atoms with Gasteiger partial charge in [-0.15, -0.1) is 0 Å². The molecule has 0 amide bonds. The summed E-state index contributed by atoms with van der Waals surface area (Å²) in [5.41, 5.74) is 6.59. The van der Waals surface area contributed by atoms with Gasteiger partial charge >= 0.3 is 0 Å². The van der Waals surface area contributed by atoms with E-state index in [2.05, 4.69) is 53.8 Å². The van der Waals surface area contributed by atoms with E-state index < -0.39 is 0 Å². The Morgan fingerprint density at radius 2 is 1.89 bits per heavy atom. The Hall–Kier alpha value is -3.03. The van der Waals surface area contributed by atoms with Gasteiger partial charge in [0.2, 0.25) is 0 Å². The summed E-state index contributed by atoms with van der Waals surface area (Å²) in [6.45, 7) is 2.71. The van der Waals surface area contributed by atoms with Gasteiger partial charge in [-0.3, -0.25) is 9.88 Å². The Balaban J connectivity index is 1.28. The lowest BCUT2D eigenvalue weighted by molar-refractivity contribution is 0.242. The molecular weight excluding hydrogens is 368 g/mol. The Kier molecular flexibility index (Phi) is 4.60. The van der Waals surface area contributed by atoms with Crippen LogP contribution in [0.5, 0.6) is 0 Å². The average Bonchev–Trinajstić information content (AvgIpc) is 3.29. The van der Waals surface area contributed by atoms with Crippen molar-refractivity contribution >= 4 is 11.3 Å². The highest BCUT2D eigenvalue weighted by Gasteiger charge is 2.19. The molecule has 0 fully saturated rings. The van der Waals surface area contributed by atoms with E-state index in [1.165, 1.54) is 23.0 Å². The molecule has 138 valence electrons. The second kappa shape index (κ2) is 7.53. The summed E-state index contributed by atoms with van der Waals surface area (Å²) in [6, 6.07) is 6.38. The van der Waals surface area contributed by atoms with Gasteiger partial charge in [0.1, 0.15) is 6.33 Å². The van der Waals surface area contributed by atoms with Crippen molar-refractivity contribution in [1.29, 1.82) is 0 Å². The summed E-state index contributed by atoms with van der Waals surface area (Å²) >= 11 is 1.69. The largest absolute Gasteiger partial charge is 0.294 e. The SMILES string of the molecule is c1ncc(-c2ncc3c(n2)CCN(Cc2ccc(-c4ccsc4)nc2)C3)cn1. The van der Waals surface area contributed by atoms with Crippen molar-refractivity contribution in [2.45, 2.75) is 19.5 Å². The molecular formula is C21H18N6S. The lowest BCUT2D eigenvalue weighted by Crippen LogP contribution is -2.31. The number of hydrogen-bond acceptors (Lipinski definition) is 7. The van der Waals surface area contributed by atoms with Gasteiger partial charge in [-0.05, 0) is 23.1 Å². The molecule has 6 nitrogen and oxygen atoms in total. The average molecular weight is 386 g/mol. The van der Waals surface area contributed by atoms with Crippen molar-refractivity contribution in [1.82, 2.24) is 29.8 Å². The monoisotopic (exact) mass is 386 g/mol. The highest BCUT2D eigenvalue weighted by atomic mass is 32.1. The molecule has 0 bridgehead atoms. The number of rotatable bonds is 4. The standard InChI is InChI=1S/C21H18N6S/c1-2-19(16-4-6-28-13-16)24-7-15(1)11-27-5-3-20-18(12-27)10-25-21(26-20)17-8-22-14-23-9-17/h1-2,4,6-10,13-14H,3,5,11-12H2. The van der Waals surface area contributed by atoms with Gasteiger partial charge < -0.3 is 0 Å². The number of hydrogen-bond donors (Lipinski definition) is 0. The minimum atomic E-state index is 0.695. The zero-order valence-electron chi connectivity index (χ0n) is 15.2. The van der Waals surface area contributed by atoms with Crippen LogP contribution in [0.15, 0.2) is 60.1 Å². The van der Waals surface area contributed by atoms with Crippen molar-refractivity contribution in [3.05, 3.63) is 76.9 Å². The molecule has 0 aromatic carbocycles. The van der Waals surface area contributed by atoms with Crippen LogP contribution in [0.3, 0.4) is 0 Å². The van der Waals surface area contributed by atoms with Crippen LogP contribution in [-0.2, 0) is 19.5 Å². The first-order valence-corrected chi connectivity index (χ1v) is 10.1. The number of thiophene rings is 1. The smallest absolute Gasteiger partial charge is 0.162 e. The minimum absolute atomic E-state index is 0.695. The molecule has 0 aliphatic carbocycles. The van der Waals surface area contributed by atoms with E-state index in [4.69, 9.17) is 4.98 Å². The Morgan fingerprint density at radius 1 is 0.964 bits per heavy atom. The van der Waals surface area contributed by atoms with Gasteiger partial charge in [0.05, 0.1) is 17.0 Å². The molecule has 1 aliphatic rings. The quantitative estimate of drug-likeness (QED) is 0.534. The first kappa shape index (κ1) is 17.1. The first-order chi connectivity index (χ1) is 13.8. The molecule has 7 heteroatoms. The Bertz CT molecular complexity index is 1060. The van der Waals surface area contributed by atoms with E-state index in [1.807, 2.05) is 12.4 Å². The van der Waals surface area contributed by atoms with Crippen molar-refractivity contribution in [3.63, 3.8) is 0 Å². The summed E-state index contributed by atoms with van der Waals surface area (Å²) < 4.78 is 0. The summed E-state index contributed by atoms with van der Waals surface area (Å²) in [4.78, 5) is 24.4. The maximum absolute atomic E-state index is 4.74. The van der Waals surface area contributed by atoms with Crippen molar-refractivity contribution < 1.29 is 0 Å². The van der Waals surface area contributed by atoms with Gasteiger partial charge in [-0.1, -0.05) is 6.07 Å². The molecule has 5 rings (SSSR count).